The van der Waals surface area contributed by atoms with Crippen LogP contribution in [0, 0.1) is 13.8 Å². The van der Waals surface area contributed by atoms with Crippen LogP contribution < -0.4 is 30.3 Å². The Balaban J connectivity index is 1.54. The predicted octanol–water partition coefficient (Wildman–Crippen LogP) is 4.37. The summed E-state index contributed by atoms with van der Waals surface area (Å²) in [7, 11) is 0. The summed E-state index contributed by atoms with van der Waals surface area (Å²) < 4.78 is 16.7. The van der Waals surface area contributed by atoms with Gasteiger partial charge >= 0.3 is 11.8 Å². The molecule has 0 spiro atoms. The summed E-state index contributed by atoms with van der Waals surface area (Å²) in [5.41, 5.74) is 5.86. The maximum atomic E-state index is 12.5. The van der Waals surface area contributed by atoms with E-state index >= 15 is 0 Å². The Morgan fingerprint density at radius 2 is 1.60 bits per heavy atom. The van der Waals surface area contributed by atoms with Crippen molar-refractivity contribution in [3.05, 3.63) is 90.0 Å². The molecule has 208 valence electrons. The van der Waals surface area contributed by atoms with Gasteiger partial charge in [-0.2, -0.15) is 5.10 Å². The second kappa shape index (κ2) is 14.7. The molecule has 0 aliphatic rings. The average Bonchev–Trinajstić information content (AvgIpc) is 2.94. The summed E-state index contributed by atoms with van der Waals surface area (Å²) in [5.74, 6) is -0.743. The van der Waals surface area contributed by atoms with Gasteiger partial charge in [-0.3, -0.25) is 14.4 Å². The normalized spacial score (nSPS) is 10.5. The van der Waals surface area contributed by atoms with Crippen molar-refractivity contribution in [2.75, 3.05) is 30.5 Å². The van der Waals surface area contributed by atoms with Crippen LogP contribution in [0.2, 0.25) is 0 Å². The predicted molar refractivity (Wildman–Crippen MR) is 154 cm³/mol. The van der Waals surface area contributed by atoms with Gasteiger partial charge in [0.05, 0.1) is 12.8 Å². The molecule has 40 heavy (non-hydrogen) atoms. The molecule has 0 fully saturated rings. The number of hydrazone groups is 1. The molecule has 0 aliphatic heterocycles. The SMILES string of the molecule is C=CCOc1ccc(NC(=O)C(=O)N/N=C\c2ccc(OCC(=O)Nc3c(C)cccc3C)c(OCC)c2)cc1. The Labute approximate surface area is 233 Å². The minimum Gasteiger partial charge on any atom is -0.490 e. The number of hydrogen-bond acceptors (Lipinski definition) is 7. The largest absolute Gasteiger partial charge is 0.490 e. The van der Waals surface area contributed by atoms with Crippen LogP contribution in [0.4, 0.5) is 11.4 Å². The van der Waals surface area contributed by atoms with Crippen LogP contribution in [0.3, 0.4) is 0 Å². The second-order valence-electron chi connectivity index (χ2n) is 8.52. The fraction of sp³-hybridized carbons (Fsp3) is 0.200. The summed E-state index contributed by atoms with van der Waals surface area (Å²) in [4.78, 5) is 36.8. The van der Waals surface area contributed by atoms with Crippen molar-refractivity contribution < 1.29 is 28.6 Å². The van der Waals surface area contributed by atoms with Gasteiger partial charge < -0.3 is 24.8 Å². The molecule has 0 saturated heterocycles. The van der Waals surface area contributed by atoms with Gasteiger partial charge in [0.2, 0.25) is 0 Å². The lowest BCUT2D eigenvalue weighted by atomic mass is 10.1. The Hall–Kier alpha value is -5.12. The lowest BCUT2D eigenvalue weighted by Crippen LogP contribution is -2.32. The molecule has 10 nitrogen and oxygen atoms in total. The van der Waals surface area contributed by atoms with Gasteiger partial charge in [0, 0.05) is 11.4 Å². The van der Waals surface area contributed by atoms with Crippen LogP contribution >= 0.6 is 0 Å². The maximum absolute atomic E-state index is 12.5. The monoisotopic (exact) mass is 544 g/mol. The van der Waals surface area contributed by atoms with Crippen LogP contribution in [-0.4, -0.2) is 43.8 Å². The molecule has 10 heteroatoms. The Kier molecular flexibility index (Phi) is 10.8. The first-order valence-corrected chi connectivity index (χ1v) is 12.5. The number of anilines is 2. The number of hydrogen-bond donors (Lipinski definition) is 3. The number of carbonyl (C=O) groups excluding carboxylic acids is 3. The molecule has 3 amide bonds. The molecule has 0 saturated carbocycles. The summed E-state index contributed by atoms with van der Waals surface area (Å²) >= 11 is 0. The molecular formula is C30H32N4O6. The van der Waals surface area contributed by atoms with Gasteiger partial charge in [-0.25, -0.2) is 5.43 Å². The highest BCUT2D eigenvalue weighted by Crippen LogP contribution is 2.28. The van der Waals surface area contributed by atoms with Crippen LogP contribution in [0.5, 0.6) is 17.2 Å². The molecule has 0 bridgehead atoms. The minimum atomic E-state index is -0.942. The molecule has 3 rings (SSSR count). The lowest BCUT2D eigenvalue weighted by molar-refractivity contribution is -0.136. The highest BCUT2D eigenvalue weighted by atomic mass is 16.5. The van der Waals surface area contributed by atoms with Crippen molar-refractivity contribution in [2.24, 2.45) is 5.10 Å². The van der Waals surface area contributed by atoms with Gasteiger partial charge in [-0.15, -0.1) is 0 Å². The molecule has 3 aromatic rings. The molecule has 0 aliphatic carbocycles. The lowest BCUT2D eigenvalue weighted by Gasteiger charge is -2.14. The molecule has 0 aromatic heterocycles. The van der Waals surface area contributed by atoms with Crippen molar-refractivity contribution in [1.82, 2.24) is 5.43 Å². The third-order valence-electron chi connectivity index (χ3n) is 5.44. The van der Waals surface area contributed by atoms with Crippen LogP contribution in [0.15, 0.2) is 78.4 Å². The number of carbonyl (C=O) groups is 3. The van der Waals surface area contributed by atoms with Crippen molar-refractivity contribution in [3.63, 3.8) is 0 Å². The van der Waals surface area contributed by atoms with Crippen LogP contribution in [-0.2, 0) is 14.4 Å². The molecule has 0 atom stereocenters. The van der Waals surface area contributed by atoms with Crippen molar-refractivity contribution >= 4 is 35.3 Å². The fourth-order valence-electron chi connectivity index (χ4n) is 3.52. The van der Waals surface area contributed by atoms with E-state index in [1.807, 2.05) is 39.0 Å². The number of rotatable bonds is 12. The summed E-state index contributed by atoms with van der Waals surface area (Å²) in [6.07, 6.45) is 2.98. The van der Waals surface area contributed by atoms with E-state index in [-0.39, 0.29) is 12.5 Å². The first-order chi connectivity index (χ1) is 19.3. The third-order valence-corrected chi connectivity index (χ3v) is 5.44. The molecule has 3 N–H and O–H groups in total. The van der Waals surface area contributed by atoms with Crippen LogP contribution in [0.25, 0.3) is 0 Å². The highest BCUT2D eigenvalue weighted by Gasteiger charge is 2.14. The van der Waals surface area contributed by atoms with Gasteiger partial charge in [0.1, 0.15) is 12.4 Å². The quantitative estimate of drug-likeness (QED) is 0.134. The van der Waals surface area contributed by atoms with Gasteiger partial charge in [0.25, 0.3) is 5.91 Å². The van der Waals surface area contributed by atoms with Gasteiger partial charge in [-0.1, -0.05) is 30.9 Å². The summed E-state index contributed by atoms with van der Waals surface area (Å²) in [6, 6.07) is 17.3. The smallest absolute Gasteiger partial charge is 0.329 e. The zero-order chi connectivity index (χ0) is 28.9. The van der Waals surface area contributed by atoms with E-state index in [4.69, 9.17) is 14.2 Å². The van der Waals surface area contributed by atoms with E-state index in [0.717, 1.165) is 16.8 Å². The van der Waals surface area contributed by atoms with E-state index in [0.29, 0.717) is 41.7 Å². The van der Waals surface area contributed by atoms with E-state index < -0.39 is 11.8 Å². The van der Waals surface area contributed by atoms with Crippen molar-refractivity contribution in [3.8, 4) is 17.2 Å². The summed E-state index contributed by atoms with van der Waals surface area (Å²) in [6.45, 7) is 9.76. The number of nitrogens with zero attached hydrogens (tertiary/aromatic N) is 1. The number of amides is 3. The van der Waals surface area contributed by atoms with Crippen LogP contribution in [0.1, 0.15) is 23.6 Å². The summed E-state index contributed by atoms with van der Waals surface area (Å²) in [5, 5.41) is 9.20. The second-order valence-corrected chi connectivity index (χ2v) is 8.52. The number of nitrogens with one attached hydrogen (secondary N) is 3. The zero-order valence-corrected chi connectivity index (χ0v) is 22.7. The average molecular weight is 545 g/mol. The zero-order valence-electron chi connectivity index (χ0n) is 22.7. The van der Waals surface area contributed by atoms with E-state index in [1.165, 1.54) is 6.21 Å². The third kappa shape index (κ3) is 8.73. The standard InChI is InChI=1S/C30H32N4O6/c1-5-16-39-24-13-11-23(12-14-24)32-29(36)30(37)34-31-18-22-10-15-25(26(17-22)38-6-2)40-19-27(35)33-28-20(3)8-7-9-21(28)4/h5,7-15,17-18H,1,6,16,19H2,2-4H3,(H,32,36)(H,33,35)(H,34,37)/b31-18-. The Bertz CT molecular complexity index is 1370. The molecule has 3 aromatic carbocycles. The van der Waals surface area contributed by atoms with E-state index in [2.05, 4.69) is 27.7 Å². The number of para-hydroxylation sites is 1. The highest BCUT2D eigenvalue weighted by molar-refractivity contribution is 6.39. The van der Waals surface area contributed by atoms with E-state index in [9.17, 15) is 14.4 Å². The van der Waals surface area contributed by atoms with E-state index in [1.54, 1.807) is 48.5 Å². The van der Waals surface area contributed by atoms with Crippen molar-refractivity contribution in [2.45, 2.75) is 20.8 Å². The van der Waals surface area contributed by atoms with Crippen molar-refractivity contribution in [1.29, 1.82) is 0 Å². The first-order valence-electron chi connectivity index (χ1n) is 12.5. The number of aryl methyl sites for hydroxylation is 2. The maximum Gasteiger partial charge on any atom is 0.329 e. The molecule has 0 heterocycles. The Morgan fingerprint density at radius 3 is 2.27 bits per heavy atom. The fourth-order valence-corrected chi connectivity index (χ4v) is 3.52. The Morgan fingerprint density at radius 1 is 0.875 bits per heavy atom. The molecule has 0 radical (unpaired) electrons. The molecule has 0 unspecified atom stereocenters. The molecular weight excluding hydrogens is 512 g/mol. The van der Waals surface area contributed by atoms with Gasteiger partial charge in [-0.05, 0) is 79.9 Å². The van der Waals surface area contributed by atoms with Gasteiger partial charge in [0.15, 0.2) is 18.1 Å². The topological polar surface area (TPSA) is 127 Å². The number of benzene rings is 3. The minimum absolute atomic E-state index is 0.211. The number of ether oxygens (including phenoxy) is 3. The first kappa shape index (κ1) is 29.4.